The largest absolute Gasteiger partial charge is 0.333 e. The number of hydrogen-bond acceptors (Lipinski definition) is 3. The molecule has 3 unspecified atom stereocenters. The zero-order chi connectivity index (χ0) is 23.5. The molecule has 1 saturated heterocycles. The third-order valence-corrected chi connectivity index (χ3v) is 6.13. The summed E-state index contributed by atoms with van der Waals surface area (Å²) in [6.07, 6.45) is 15.0. The third-order valence-electron chi connectivity index (χ3n) is 6.13. The topological polar surface area (TPSA) is 61.9 Å². The number of hydrogen-bond donors (Lipinski definition) is 3. The molecule has 0 aromatic heterocycles. The maximum atomic E-state index is 7.48. The molecule has 1 heterocycles. The molecule has 3 rings (SSSR count). The maximum Gasteiger partial charge on any atom is 0.0342 e. The second-order valence-corrected chi connectivity index (χ2v) is 8.15. The van der Waals surface area contributed by atoms with Crippen molar-refractivity contribution in [3.63, 3.8) is 0 Å². The molecule has 2 aliphatic carbocycles. The lowest BCUT2D eigenvalue weighted by Crippen LogP contribution is -2.29. The summed E-state index contributed by atoms with van der Waals surface area (Å²) >= 11 is 0. The normalized spacial score (nSPS) is 25.7. The maximum absolute atomic E-state index is 7.48. The number of piperidine rings is 1. The van der Waals surface area contributed by atoms with Gasteiger partial charge >= 0.3 is 0 Å². The Bertz CT molecular complexity index is 502. The highest BCUT2D eigenvalue weighted by molar-refractivity contribution is 5.98. The molecule has 1 aliphatic heterocycles. The number of nitrogens with one attached hydrogen (secondary N) is 2. The first-order valence-electron chi connectivity index (χ1n) is 12.3. The second kappa shape index (κ2) is 19.8. The van der Waals surface area contributed by atoms with Crippen molar-refractivity contribution < 1.29 is 0 Å². The Morgan fingerprint density at radius 2 is 1.77 bits per heavy atom. The molecule has 0 aromatic carbocycles. The van der Waals surface area contributed by atoms with Crippen molar-refractivity contribution in [3.05, 3.63) is 36.0 Å². The molecule has 3 heteroatoms. The molecule has 2 bridgehead atoms. The van der Waals surface area contributed by atoms with Gasteiger partial charge in [0.25, 0.3) is 0 Å². The van der Waals surface area contributed by atoms with Crippen LogP contribution in [-0.4, -0.2) is 25.3 Å². The van der Waals surface area contributed by atoms with Gasteiger partial charge in [0.1, 0.15) is 0 Å². The van der Waals surface area contributed by atoms with Crippen LogP contribution in [0.1, 0.15) is 93.4 Å². The fourth-order valence-corrected chi connectivity index (χ4v) is 4.38. The van der Waals surface area contributed by atoms with Crippen LogP contribution >= 0.6 is 0 Å². The van der Waals surface area contributed by atoms with Crippen molar-refractivity contribution >= 4 is 5.71 Å². The van der Waals surface area contributed by atoms with Crippen LogP contribution in [0.4, 0.5) is 0 Å². The second-order valence-electron chi connectivity index (χ2n) is 8.15. The summed E-state index contributed by atoms with van der Waals surface area (Å²) < 4.78 is 0. The van der Waals surface area contributed by atoms with E-state index in [0.29, 0.717) is 5.92 Å². The Morgan fingerprint density at radius 1 is 1.17 bits per heavy atom. The van der Waals surface area contributed by atoms with Gasteiger partial charge in [-0.2, -0.15) is 0 Å². The average molecular weight is 420 g/mol. The molecule has 0 spiro atoms. The zero-order valence-electron chi connectivity index (χ0n) is 21.5. The van der Waals surface area contributed by atoms with E-state index in [0.717, 1.165) is 36.4 Å². The van der Waals surface area contributed by atoms with Gasteiger partial charge in [-0.05, 0) is 89.3 Å². The zero-order valence-corrected chi connectivity index (χ0v) is 21.5. The summed E-state index contributed by atoms with van der Waals surface area (Å²) in [4.78, 5) is 0. The van der Waals surface area contributed by atoms with Crippen molar-refractivity contribution in [2.24, 2.45) is 23.5 Å². The first-order valence-corrected chi connectivity index (χ1v) is 12.3. The molecule has 0 aromatic rings. The van der Waals surface area contributed by atoms with Gasteiger partial charge in [0.05, 0.1) is 0 Å². The van der Waals surface area contributed by atoms with Gasteiger partial charge < -0.3 is 16.5 Å². The quantitative estimate of drug-likeness (QED) is 0.420. The van der Waals surface area contributed by atoms with Crippen molar-refractivity contribution in [1.29, 1.82) is 5.41 Å². The lowest BCUT2D eigenvalue weighted by molar-refractivity contribution is 0.342. The summed E-state index contributed by atoms with van der Waals surface area (Å²) in [5.41, 5.74) is 7.95. The molecule has 3 nitrogen and oxygen atoms in total. The van der Waals surface area contributed by atoms with Crippen LogP contribution in [0.3, 0.4) is 0 Å². The fourth-order valence-electron chi connectivity index (χ4n) is 4.38. The van der Waals surface area contributed by atoms with Gasteiger partial charge in [0, 0.05) is 11.8 Å². The first-order chi connectivity index (χ1) is 14.5. The average Bonchev–Trinajstić information content (AvgIpc) is 3.42. The smallest absolute Gasteiger partial charge is 0.0342 e. The molecule has 3 aliphatic rings. The third kappa shape index (κ3) is 11.9. The lowest BCUT2D eigenvalue weighted by atomic mass is 9.93. The van der Waals surface area contributed by atoms with E-state index in [9.17, 15) is 0 Å². The van der Waals surface area contributed by atoms with Crippen LogP contribution in [0.2, 0.25) is 0 Å². The highest BCUT2D eigenvalue weighted by Crippen LogP contribution is 2.38. The summed E-state index contributed by atoms with van der Waals surface area (Å²) in [5.74, 6) is 2.73. The molecule has 0 radical (unpaired) electrons. The molecule has 30 heavy (non-hydrogen) atoms. The van der Waals surface area contributed by atoms with E-state index >= 15 is 0 Å². The van der Waals surface area contributed by atoms with E-state index in [1.807, 2.05) is 33.8 Å². The number of fused-ring (bicyclic) bond motifs is 2. The Hall–Kier alpha value is -1.19. The van der Waals surface area contributed by atoms with E-state index in [2.05, 4.69) is 50.6 Å². The van der Waals surface area contributed by atoms with Crippen molar-refractivity contribution in [2.75, 3.05) is 13.6 Å². The minimum Gasteiger partial charge on any atom is -0.333 e. The Kier molecular flexibility index (Phi) is 20.4. The van der Waals surface area contributed by atoms with Crippen LogP contribution in [0.5, 0.6) is 0 Å². The lowest BCUT2D eigenvalue weighted by Gasteiger charge is -2.20. The van der Waals surface area contributed by atoms with Crippen LogP contribution in [0.25, 0.3) is 0 Å². The molecular weight excluding hydrogens is 366 g/mol. The molecule has 4 N–H and O–H groups in total. The van der Waals surface area contributed by atoms with Crippen LogP contribution < -0.4 is 11.1 Å². The summed E-state index contributed by atoms with van der Waals surface area (Å²) in [5, 5.41) is 11.0. The Labute approximate surface area is 189 Å². The molecule has 0 amide bonds. The van der Waals surface area contributed by atoms with Crippen LogP contribution in [0.15, 0.2) is 36.0 Å². The standard InChI is InChI=1S/C8H15N.C8H13N.C8H14.C2H6.CH5N/c1-2-6-3-8-4-7(6)5-9-8;1-2-7-5-3-4-6-8(7)9;1-5-8(6-2)7(3)4;2*1-2/h6-9H,2-5H2,1H3;2,9H,3-6H2,1H3;5-7H,1H2,2-4H3;1-2H3;2H2,1H3/b;7-2+,9-8?;8-6+;;. The first kappa shape index (κ1) is 31.0. The number of rotatable bonds is 3. The fraction of sp³-hybridized carbons (Fsp3) is 0.741. The van der Waals surface area contributed by atoms with Crippen molar-refractivity contribution in [1.82, 2.24) is 5.32 Å². The Morgan fingerprint density at radius 3 is 2.00 bits per heavy atom. The minimum absolute atomic E-state index is 0.623. The highest BCUT2D eigenvalue weighted by Gasteiger charge is 2.37. The summed E-state index contributed by atoms with van der Waals surface area (Å²) in [7, 11) is 1.50. The van der Waals surface area contributed by atoms with E-state index < -0.39 is 0 Å². The van der Waals surface area contributed by atoms with Crippen LogP contribution in [-0.2, 0) is 0 Å². The summed E-state index contributed by atoms with van der Waals surface area (Å²) in [6, 6.07) is 0.903. The van der Waals surface area contributed by atoms with Gasteiger partial charge in [-0.3, -0.25) is 0 Å². The van der Waals surface area contributed by atoms with Gasteiger partial charge in [0.15, 0.2) is 0 Å². The molecule has 3 fully saturated rings. The van der Waals surface area contributed by atoms with E-state index in [-0.39, 0.29) is 0 Å². The van der Waals surface area contributed by atoms with Crippen molar-refractivity contribution in [2.45, 2.75) is 99.5 Å². The van der Waals surface area contributed by atoms with Gasteiger partial charge in [-0.25, -0.2) is 0 Å². The number of allylic oxidation sites excluding steroid dienone is 5. The monoisotopic (exact) mass is 419 g/mol. The molecule has 3 atom stereocenters. The molecule has 176 valence electrons. The minimum atomic E-state index is 0.623. The molecular formula is C27H53N3. The van der Waals surface area contributed by atoms with Crippen LogP contribution in [0, 0.1) is 23.2 Å². The highest BCUT2D eigenvalue weighted by atomic mass is 15.0. The van der Waals surface area contributed by atoms with Crippen molar-refractivity contribution in [3.8, 4) is 0 Å². The number of nitrogens with two attached hydrogens (primary N) is 1. The van der Waals surface area contributed by atoms with Gasteiger partial charge in [-0.15, -0.1) is 0 Å². The predicted octanol–water partition coefficient (Wildman–Crippen LogP) is 7.30. The summed E-state index contributed by atoms with van der Waals surface area (Å²) in [6.45, 7) is 19.7. The van der Waals surface area contributed by atoms with E-state index in [1.54, 1.807) is 0 Å². The van der Waals surface area contributed by atoms with E-state index in [1.165, 1.54) is 56.8 Å². The SMILES string of the molecule is C/C=C1\CCCCC1=N.C=C/C(=C\C)C(C)C.CC.CCC1CC2CC1CN2.CN. The predicted molar refractivity (Wildman–Crippen MR) is 138 cm³/mol. The van der Waals surface area contributed by atoms with Gasteiger partial charge in [0.2, 0.25) is 0 Å². The van der Waals surface area contributed by atoms with Gasteiger partial charge in [-0.1, -0.05) is 71.4 Å². The Balaban J connectivity index is 0. The molecule has 2 saturated carbocycles. The van der Waals surface area contributed by atoms with E-state index in [4.69, 9.17) is 5.41 Å².